The predicted molar refractivity (Wildman–Crippen MR) is 50.1 cm³/mol. The van der Waals surface area contributed by atoms with Gasteiger partial charge in [0.05, 0.1) is 6.54 Å². The zero-order chi connectivity index (χ0) is 8.97. The molecule has 0 aliphatic heterocycles. The van der Waals surface area contributed by atoms with Crippen molar-refractivity contribution in [3.63, 3.8) is 0 Å². The van der Waals surface area contributed by atoms with Gasteiger partial charge in [-0.05, 0) is 25.3 Å². The van der Waals surface area contributed by atoms with Crippen molar-refractivity contribution in [2.75, 3.05) is 19.6 Å². The van der Waals surface area contributed by atoms with Crippen LogP contribution in [0, 0.1) is 5.92 Å². The third kappa shape index (κ3) is 3.35. The normalized spacial score (nSPS) is 16.9. The van der Waals surface area contributed by atoms with Gasteiger partial charge in [0.25, 0.3) is 0 Å². The van der Waals surface area contributed by atoms with Gasteiger partial charge >= 0.3 is 0 Å². The van der Waals surface area contributed by atoms with Gasteiger partial charge in [-0.1, -0.05) is 13.8 Å². The van der Waals surface area contributed by atoms with Gasteiger partial charge in [-0.3, -0.25) is 9.69 Å². The molecular formula is C10H19NO. The van der Waals surface area contributed by atoms with Gasteiger partial charge in [-0.25, -0.2) is 0 Å². The monoisotopic (exact) mass is 169 g/mol. The number of nitrogens with zero attached hydrogens (tertiary/aromatic N) is 1. The van der Waals surface area contributed by atoms with E-state index in [1.54, 1.807) is 0 Å². The first-order valence-electron chi connectivity index (χ1n) is 5.00. The highest BCUT2D eigenvalue weighted by molar-refractivity contribution is 5.80. The Labute approximate surface area is 74.9 Å². The summed E-state index contributed by atoms with van der Waals surface area (Å²) in [5.41, 5.74) is 0. The average molecular weight is 169 g/mol. The van der Waals surface area contributed by atoms with E-state index in [4.69, 9.17) is 0 Å². The number of hydrogen-bond acceptors (Lipinski definition) is 2. The van der Waals surface area contributed by atoms with Gasteiger partial charge in [0.15, 0.2) is 0 Å². The van der Waals surface area contributed by atoms with Crippen molar-refractivity contribution in [3.05, 3.63) is 0 Å². The van der Waals surface area contributed by atoms with Crippen molar-refractivity contribution in [1.29, 1.82) is 0 Å². The summed E-state index contributed by atoms with van der Waals surface area (Å²) in [6, 6.07) is 0. The molecule has 2 nitrogen and oxygen atoms in total. The van der Waals surface area contributed by atoms with Gasteiger partial charge < -0.3 is 0 Å². The Morgan fingerprint density at radius 2 is 2.08 bits per heavy atom. The number of rotatable bonds is 6. The van der Waals surface area contributed by atoms with E-state index in [2.05, 4.69) is 11.8 Å². The van der Waals surface area contributed by atoms with Crippen molar-refractivity contribution < 1.29 is 4.79 Å². The second-order valence-electron chi connectivity index (χ2n) is 3.66. The van der Waals surface area contributed by atoms with E-state index in [0.717, 1.165) is 19.0 Å². The number of hydrogen-bond donors (Lipinski definition) is 0. The van der Waals surface area contributed by atoms with E-state index < -0.39 is 0 Å². The van der Waals surface area contributed by atoms with Crippen molar-refractivity contribution >= 4 is 5.78 Å². The Kier molecular flexibility index (Phi) is 3.73. The van der Waals surface area contributed by atoms with Gasteiger partial charge in [0, 0.05) is 13.0 Å². The predicted octanol–water partition coefficient (Wildman–Crippen LogP) is 1.70. The summed E-state index contributed by atoms with van der Waals surface area (Å²) in [5, 5.41) is 0. The fourth-order valence-electron chi connectivity index (χ4n) is 1.33. The molecule has 1 aliphatic carbocycles. The number of carbonyl (C=O) groups excluding carboxylic acids is 1. The molecule has 12 heavy (non-hydrogen) atoms. The van der Waals surface area contributed by atoms with Crippen LogP contribution in [0.1, 0.15) is 33.1 Å². The van der Waals surface area contributed by atoms with Crippen LogP contribution in [0.5, 0.6) is 0 Å². The first-order valence-corrected chi connectivity index (χ1v) is 5.00. The van der Waals surface area contributed by atoms with Crippen LogP contribution in [-0.4, -0.2) is 30.3 Å². The minimum atomic E-state index is 0.373. The number of carbonyl (C=O) groups is 1. The summed E-state index contributed by atoms with van der Waals surface area (Å²) in [5.74, 6) is 1.27. The lowest BCUT2D eigenvalue weighted by atomic mass is 10.2. The van der Waals surface area contributed by atoms with E-state index in [-0.39, 0.29) is 0 Å². The molecule has 0 heterocycles. The lowest BCUT2D eigenvalue weighted by Crippen LogP contribution is -2.31. The second-order valence-corrected chi connectivity index (χ2v) is 3.66. The lowest BCUT2D eigenvalue weighted by molar-refractivity contribution is -0.119. The molecule has 0 aromatic carbocycles. The minimum absolute atomic E-state index is 0.373. The second kappa shape index (κ2) is 4.61. The van der Waals surface area contributed by atoms with E-state index in [9.17, 15) is 4.79 Å². The molecule has 0 unspecified atom stereocenters. The molecule has 0 saturated heterocycles. The minimum Gasteiger partial charge on any atom is -0.298 e. The summed E-state index contributed by atoms with van der Waals surface area (Å²) >= 11 is 0. The highest BCUT2D eigenvalue weighted by Gasteiger charge is 2.24. The molecular weight excluding hydrogens is 150 g/mol. The van der Waals surface area contributed by atoms with E-state index in [1.165, 1.54) is 12.8 Å². The lowest BCUT2D eigenvalue weighted by Gasteiger charge is -2.18. The summed E-state index contributed by atoms with van der Waals surface area (Å²) < 4.78 is 0. The van der Waals surface area contributed by atoms with Crippen LogP contribution in [0.25, 0.3) is 0 Å². The van der Waals surface area contributed by atoms with Crippen molar-refractivity contribution in [2.24, 2.45) is 5.92 Å². The largest absolute Gasteiger partial charge is 0.298 e. The quantitative estimate of drug-likeness (QED) is 0.603. The van der Waals surface area contributed by atoms with Crippen molar-refractivity contribution in [1.82, 2.24) is 4.90 Å². The molecule has 0 spiro atoms. The molecule has 1 aliphatic rings. The Morgan fingerprint density at radius 1 is 1.42 bits per heavy atom. The van der Waals surface area contributed by atoms with Crippen LogP contribution in [-0.2, 0) is 4.79 Å². The Hall–Kier alpha value is -0.370. The van der Waals surface area contributed by atoms with E-state index in [0.29, 0.717) is 18.7 Å². The van der Waals surface area contributed by atoms with Crippen LogP contribution >= 0.6 is 0 Å². The summed E-state index contributed by atoms with van der Waals surface area (Å²) in [6.07, 6.45) is 3.43. The molecule has 0 amide bonds. The zero-order valence-corrected chi connectivity index (χ0v) is 8.18. The topological polar surface area (TPSA) is 20.3 Å². The van der Waals surface area contributed by atoms with Gasteiger partial charge in [0.1, 0.15) is 5.78 Å². The molecule has 1 saturated carbocycles. The number of likely N-dealkylation sites (N-methyl/N-ethyl adjacent to an activating group) is 1. The number of Topliss-reactive ketones (excluding diaryl/α,β-unsaturated/α-hetero) is 1. The first kappa shape index (κ1) is 9.72. The maximum Gasteiger partial charge on any atom is 0.146 e. The average Bonchev–Trinajstić information content (AvgIpc) is 2.86. The fraction of sp³-hybridized carbons (Fsp3) is 0.900. The molecule has 1 fully saturated rings. The van der Waals surface area contributed by atoms with Gasteiger partial charge in [-0.2, -0.15) is 0 Å². The molecule has 0 atom stereocenters. The Balaban J connectivity index is 2.18. The third-order valence-corrected chi connectivity index (χ3v) is 2.45. The van der Waals surface area contributed by atoms with Gasteiger partial charge in [0.2, 0.25) is 0 Å². The third-order valence-electron chi connectivity index (χ3n) is 2.45. The smallest absolute Gasteiger partial charge is 0.146 e. The maximum atomic E-state index is 11.1. The summed E-state index contributed by atoms with van der Waals surface area (Å²) in [6.45, 7) is 6.90. The van der Waals surface area contributed by atoms with E-state index >= 15 is 0 Å². The number of ketones is 1. The maximum absolute atomic E-state index is 11.1. The van der Waals surface area contributed by atoms with Crippen LogP contribution in [0.4, 0.5) is 0 Å². The zero-order valence-electron chi connectivity index (χ0n) is 8.18. The molecule has 0 radical (unpaired) electrons. The highest BCUT2D eigenvalue weighted by atomic mass is 16.1. The first-order chi connectivity index (χ1) is 5.76. The molecule has 0 aromatic rings. The summed E-state index contributed by atoms with van der Waals surface area (Å²) in [4.78, 5) is 13.4. The van der Waals surface area contributed by atoms with Gasteiger partial charge in [-0.15, -0.1) is 0 Å². The van der Waals surface area contributed by atoms with Crippen LogP contribution in [0.15, 0.2) is 0 Å². The SMILES string of the molecule is CCC(=O)CN(CC)CC1CC1. The highest BCUT2D eigenvalue weighted by Crippen LogP contribution is 2.29. The molecule has 0 aromatic heterocycles. The van der Waals surface area contributed by atoms with Crippen LogP contribution < -0.4 is 0 Å². The Bertz CT molecular complexity index is 152. The van der Waals surface area contributed by atoms with Crippen molar-refractivity contribution in [2.45, 2.75) is 33.1 Å². The molecule has 1 rings (SSSR count). The van der Waals surface area contributed by atoms with E-state index in [1.807, 2.05) is 6.92 Å². The standard InChI is InChI=1S/C10H19NO/c1-3-10(12)8-11(4-2)7-9-5-6-9/h9H,3-8H2,1-2H3. The van der Waals surface area contributed by atoms with Crippen molar-refractivity contribution in [3.8, 4) is 0 Å². The Morgan fingerprint density at radius 3 is 2.50 bits per heavy atom. The fourth-order valence-corrected chi connectivity index (χ4v) is 1.33. The molecule has 70 valence electrons. The van der Waals surface area contributed by atoms with Crippen LogP contribution in [0.3, 0.4) is 0 Å². The molecule has 0 bridgehead atoms. The molecule has 0 N–H and O–H groups in total. The molecule has 2 heteroatoms. The van der Waals surface area contributed by atoms with Crippen LogP contribution in [0.2, 0.25) is 0 Å². The summed E-state index contributed by atoms with van der Waals surface area (Å²) in [7, 11) is 0.